The van der Waals surface area contributed by atoms with Crippen molar-refractivity contribution < 1.29 is 9.59 Å². The van der Waals surface area contributed by atoms with Crippen LogP contribution in [0.25, 0.3) is 4.85 Å². The van der Waals surface area contributed by atoms with E-state index in [1.165, 1.54) is 6.08 Å². The van der Waals surface area contributed by atoms with E-state index in [-0.39, 0.29) is 23.9 Å². The molecule has 1 saturated carbocycles. The van der Waals surface area contributed by atoms with E-state index in [4.69, 9.17) is 6.57 Å². The Bertz CT molecular complexity index is 1140. The van der Waals surface area contributed by atoms with Gasteiger partial charge in [-0.1, -0.05) is 12.6 Å². The molecule has 2 N–H and O–H groups in total. The number of hydrogen-bond acceptors (Lipinski definition) is 6. The third-order valence-corrected chi connectivity index (χ3v) is 6.11. The second-order valence-electron chi connectivity index (χ2n) is 8.57. The molecule has 1 aliphatic carbocycles. The molecule has 4 rings (SSSR count). The summed E-state index contributed by atoms with van der Waals surface area (Å²) >= 11 is 0. The van der Waals surface area contributed by atoms with Gasteiger partial charge in [0, 0.05) is 50.2 Å². The Hall–Kier alpha value is -3.93. The van der Waals surface area contributed by atoms with Crippen molar-refractivity contribution in [3.8, 4) is 0 Å². The van der Waals surface area contributed by atoms with E-state index in [1.54, 1.807) is 17.2 Å². The molecule has 9 nitrogen and oxygen atoms in total. The molecule has 0 radical (unpaired) electrons. The van der Waals surface area contributed by atoms with Gasteiger partial charge in [0.05, 0.1) is 6.57 Å². The fraction of sp³-hybridized carbons (Fsp3) is 0.375. The molecule has 0 bridgehead atoms. The Morgan fingerprint density at radius 3 is 2.91 bits per heavy atom. The van der Waals surface area contributed by atoms with Crippen molar-refractivity contribution in [1.29, 1.82) is 0 Å². The summed E-state index contributed by atoms with van der Waals surface area (Å²) in [6.45, 7) is 11.3. The van der Waals surface area contributed by atoms with Crippen molar-refractivity contribution >= 4 is 35.0 Å². The number of hydrogen-bond donors (Lipinski definition) is 2. The molecule has 33 heavy (non-hydrogen) atoms. The number of rotatable bonds is 6. The number of nitrogens with zero attached hydrogens (tertiary/aromatic N) is 5. The molecule has 9 heteroatoms. The van der Waals surface area contributed by atoms with E-state index in [1.807, 2.05) is 31.1 Å². The molecule has 0 spiro atoms. The highest BCUT2D eigenvalue weighted by atomic mass is 16.2. The quantitative estimate of drug-likeness (QED) is 0.521. The van der Waals surface area contributed by atoms with Crippen LogP contribution in [0.1, 0.15) is 41.6 Å². The minimum Gasteiger partial charge on any atom is -0.371 e. The molecular formula is C24H27N7O2. The second-order valence-corrected chi connectivity index (χ2v) is 8.57. The van der Waals surface area contributed by atoms with Crippen LogP contribution in [0.4, 0.5) is 23.1 Å². The van der Waals surface area contributed by atoms with Gasteiger partial charge >= 0.3 is 0 Å². The average molecular weight is 446 g/mol. The van der Waals surface area contributed by atoms with Crippen LogP contribution in [-0.4, -0.2) is 52.9 Å². The summed E-state index contributed by atoms with van der Waals surface area (Å²) < 4.78 is 0. The first-order valence-electron chi connectivity index (χ1n) is 10.9. The van der Waals surface area contributed by atoms with Crippen molar-refractivity contribution in [2.45, 2.75) is 44.3 Å². The predicted molar refractivity (Wildman–Crippen MR) is 127 cm³/mol. The van der Waals surface area contributed by atoms with Gasteiger partial charge in [0.2, 0.25) is 17.5 Å². The van der Waals surface area contributed by atoms with Crippen molar-refractivity contribution in [2.75, 3.05) is 29.6 Å². The molecule has 0 saturated heterocycles. The molecular weight excluding hydrogens is 418 g/mol. The first kappa shape index (κ1) is 22.3. The number of aromatic nitrogens is 2. The van der Waals surface area contributed by atoms with Gasteiger partial charge in [0.1, 0.15) is 5.82 Å². The summed E-state index contributed by atoms with van der Waals surface area (Å²) in [5.74, 6) is 0.773. The van der Waals surface area contributed by atoms with Crippen molar-refractivity contribution in [2.24, 2.45) is 0 Å². The molecule has 1 fully saturated rings. The minimum absolute atomic E-state index is 0.00194. The van der Waals surface area contributed by atoms with Gasteiger partial charge in [0.25, 0.3) is 5.91 Å². The maximum Gasteiger partial charge on any atom is 0.254 e. The van der Waals surface area contributed by atoms with Crippen LogP contribution in [0, 0.1) is 6.57 Å². The van der Waals surface area contributed by atoms with E-state index in [0.29, 0.717) is 35.2 Å². The van der Waals surface area contributed by atoms with Gasteiger partial charge in [-0.05, 0) is 49.5 Å². The van der Waals surface area contributed by atoms with Gasteiger partial charge in [-0.3, -0.25) is 9.59 Å². The third kappa shape index (κ3) is 4.65. The number of benzene rings is 1. The molecule has 2 aromatic rings. The van der Waals surface area contributed by atoms with E-state index < -0.39 is 0 Å². The Morgan fingerprint density at radius 2 is 2.18 bits per heavy atom. The maximum absolute atomic E-state index is 13.2. The summed E-state index contributed by atoms with van der Waals surface area (Å²) in [4.78, 5) is 40.8. The first-order chi connectivity index (χ1) is 15.9. The number of carbonyl (C=O) groups is 2. The number of fused-ring (bicyclic) bond motifs is 1. The molecule has 170 valence electrons. The SMILES string of the molecule is [C-]#[N+]c1cnc(N[C@@H]2CCC[C@H](N3Cc4ccc(NC(=O)C=C)cc4C3=O)C2)nc1N(C)C. The third-order valence-electron chi connectivity index (χ3n) is 6.11. The molecule has 1 aliphatic heterocycles. The molecule has 2 aliphatic rings. The summed E-state index contributed by atoms with van der Waals surface area (Å²) in [5, 5.41) is 6.13. The highest BCUT2D eigenvalue weighted by molar-refractivity contribution is 6.02. The van der Waals surface area contributed by atoms with Crippen LogP contribution in [0.15, 0.2) is 37.1 Å². The van der Waals surface area contributed by atoms with Gasteiger partial charge in [-0.25, -0.2) is 14.8 Å². The van der Waals surface area contributed by atoms with Crippen molar-refractivity contribution in [3.63, 3.8) is 0 Å². The largest absolute Gasteiger partial charge is 0.371 e. The molecule has 1 aromatic carbocycles. The zero-order valence-corrected chi connectivity index (χ0v) is 18.8. The normalized spacial score (nSPS) is 19.4. The summed E-state index contributed by atoms with van der Waals surface area (Å²) in [7, 11) is 3.70. The Kier molecular flexibility index (Phi) is 6.27. The topological polar surface area (TPSA) is 94.8 Å². The van der Waals surface area contributed by atoms with Crippen LogP contribution < -0.4 is 15.5 Å². The Balaban J connectivity index is 1.45. The summed E-state index contributed by atoms with van der Waals surface area (Å²) in [6.07, 6.45) is 6.44. The maximum atomic E-state index is 13.2. The van der Waals surface area contributed by atoms with E-state index in [0.717, 1.165) is 31.2 Å². The zero-order chi connectivity index (χ0) is 23.5. The van der Waals surface area contributed by atoms with Gasteiger partial charge in [0.15, 0.2) is 0 Å². The molecule has 2 amide bonds. The lowest BCUT2D eigenvalue weighted by atomic mass is 9.90. The van der Waals surface area contributed by atoms with Crippen LogP contribution in [-0.2, 0) is 11.3 Å². The van der Waals surface area contributed by atoms with Crippen LogP contribution in [0.2, 0.25) is 0 Å². The highest BCUT2D eigenvalue weighted by Crippen LogP contribution is 2.33. The van der Waals surface area contributed by atoms with Crippen LogP contribution >= 0.6 is 0 Å². The standard InChI is InChI=1S/C24H27N7O2/c1-5-21(32)27-17-10-9-15-14-31(23(33)19(15)12-17)18-8-6-7-16(11-18)28-24-26-13-20(25-2)22(29-24)30(3)4/h5,9-10,12-13,16,18H,1,6-8,11,14H2,3-4H3,(H,27,32)(H,26,28,29)/t16-,18+/m1/s1. The van der Waals surface area contributed by atoms with Gasteiger partial charge in [-0.2, -0.15) is 0 Å². The van der Waals surface area contributed by atoms with E-state index in [9.17, 15) is 9.59 Å². The van der Waals surface area contributed by atoms with Gasteiger partial charge in [-0.15, -0.1) is 0 Å². The minimum atomic E-state index is -0.303. The average Bonchev–Trinajstić information content (AvgIpc) is 3.15. The number of carbonyl (C=O) groups excluding carboxylic acids is 2. The second kappa shape index (κ2) is 9.28. The lowest BCUT2D eigenvalue weighted by Gasteiger charge is -2.35. The van der Waals surface area contributed by atoms with Gasteiger partial charge < -0.3 is 20.4 Å². The zero-order valence-electron chi connectivity index (χ0n) is 18.8. The lowest BCUT2D eigenvalue weighted by Crippen LogP contribution is -2.42. The Morgan fingerprint density at radius 1 is 1.36 bits per heavy atom. The monoisotopic (exact) mass is 445 g/mol. The Labute approximate surface area is 193 Å². The molecule has 1 aromatic heterocycles. The fourth-order valence-electron chi connectivity index (χ4n) is 4.49. The smallest absolute Gasteiger partial charge is 0.254 e. The fourth-order valence-corrected chi connectivity index (χ4v) is 4.49. The number of nitrogens with one attached hydrogen (secondary N) is 2. The van der Waals surface area contributed by atoms with Crippen LogP contribution in [0.3, 0.4) is 0 Å². The first-order valence-corrected chi connectivity index (χ1v) is 10.9. The molecule has 2 heterocycles. The lowest BCUT2D eigenvalue weighted by molar-refractivity contribution is -0.111. The van der Waals surface area contributed by atoms with Crippen molar-refractivity contribution in [1.82, 2.24) is 14.9 Å². The number of amides is 2. The molecule has 2 atom stereocenters. The van der Waals surface area contributed by atoms with E-state index in [2.05, 4.69) is 32.0 Å². The van der Waals surface area contributed by atoms with Crippen LogP contribution in [0.5, 0.6) is 0 Å². The van der Waals surface area contributed by atoms with E-state index >= 15 is 0 Å². The van der Waals surface area contributed by atoms with Crippen molar-refractivity contribution in [3.05, 3.63) is 59.6 Å². The summed E-state index contributed by atoms with van der Waals surface area (Å²) in [6, 6.07) is 5.71. The summed E-state index contributed by atoms with van der Waals surface area (Å²) in [5.41, 5.74) is 2.62. The molecule has 0 unspecified atom stereocenters. The highest BCUT2D eigenvalue weighted by Gasteiger charge is 2.35. The number of anilines is 3. The predicted octanol–water partition coefficient (Wildman–Crippen LogP) is 3.60.